The van der Waals surface area contributed by atoms with Crippen LogP contribution in [0.4, 0.5) is 5.13 Å². The maximum Gasteiger partial charge on any atom is 0.354 e. The van der Waals surface area contributed by atoms with Gasteiger partial charge in [-0.05, 0) is 53.0 Å². The largest absolute Gasteiger partial charge is 0.354 e. The van der Waals surface area contributed by atoms with Gasteiger partial charge >= 0.3 is 4.14 Å². The zero-order valence-electron chi connectivity index (χ0n) is 20.1. The van der Waals surface area contributed by atoms with Gasteiger partial charge in [-0.3, -0.25) is 15.3 Å². The second-order valence-electron chi connectivity index (χ2n) is 8.11. The molecule has 5 aromatic rings. The van der Waals surface area contributed by atoms with Crippen molar-refractivity contribution in [1.82, 2.24) is 9.77 Å². The minimum absolute atomic E-state index is 0.711. The van der Waals surface area contributed by atoms with Crippen LogP contribution in [0.15, 0.2) is 76.4 Å². The lowest BCUT2D eigenvalue weighted by Gasteiger charge is -2.24. The molecule has 0 spiro atoms. The number of fused-ring (bicyclic) bond motifs is 1. The Balaban J connectivity index is 1.55. The number of hydrogen-bond acceptors (Lipinski definition) is 6. The molecule has 5 rings (SSSR count). The molecule has 0 unspecified atom stereocenters. The molecule has 0 fully saturated rings. The van der Waals surface area contributed by atoms with Crippen molar-refractivity contribution in [1.29, 1.82) is 0 Å². The number of benzene rings is 2. The van der Waals surface area contributed by atoms with Crippen LogP contribution >= 0.6 is 46.2 Å². The summed E-state index contributed by atoms with van der Waals surface area (Å²) in [6.07, 6.45) is 1.91. The Morgan fingerprint density at radius 2 is 1.72 bits per heavy atom. The molecule has 0 amide bonds. The highest BCUT2D eigenvalue weighted by molar-refractivity contribution is 7.73. The molecule has 0 radical (unpaired) electrons. The third-order valence-electron chi connectivity index (χ3n) is 5.50. The van der Waals surface area contributed by atoms with Crippen LogP contribution in [0, 0.1) is 3.95 Å². The summed E-state index contributed by atoms with van der Waals surface area (Å²) >= 11 is 10.7. The molecule has 0 saturated heterocycles. The number of nitrogens with one attached hydrogen (secondary N) is 1. The first-order valence-corrected chi connectivity index (χ1v) is 14.9. The molecular formula is C26H27N6S4+. The molecule has 0 atom stereocenters. The molecule has 1 N–H and O–H groups in total. The summed E-state index contributed by atoms with van der Waals surface area (Å²) in [6, 6.07) is 20.7. The van der Waals surface area contributed by atoms with Crippen molar-refractivity contribution < 1.29 is 4.52 Å². The molecule has 184 valence electrons. The van der Waals surface area contributed by atoms with E-state index in [0.29, 0.717) is 6.54 Å². The molecule has 10 heteroatoms. The van der Waals surface area contributed by atoms with Gasteiger partial charge in [-0.1, -0.05) is 73.7 Å². The average molecular weight is 552 g/mol. The Kier molecular flexibility index (Phi) is 7.86. The van der Waals surface area contributed by atoms with E-state index in [4.69, 9.17) is 22.3 Å². The third-order valence-corrected chi connectivity index (χ3v) is 8.78. The zero-order valence-corrected chi connectivity index (χ0v) is 23.4. The Bertz CT molecular complexity index is 1510. The van der Waals surface area contributed by atoms with Crippen LogP contribution in [0.25, 0.3) is 26.7 Å². The monoisotopic (exact) mass is 551 g/mol. The summed E-state index contributed by atoms with van der Waals surface area (Å²) < 4.78 is 5.89. The lowest BCUT2D eigenvalue weighted by Crippen LogP contribution is -2.42. The van der Waals surface area contributed by atoms with Crippen molar-refractivity contribution in [3.8, 4) is 22.5 Å². The lowest BCUT2D eigenvalue weighted by atomic mass is 10.2. The van der Waals surface area contributed by atoms with E-state index < -0.39 is 0 Å². The van der Waals surface area contributed by atoms with E-state index in [1.54, 1.807) is 34.0 Å². The molecule has 3 aromatic heterocycles. The van der Waals surface area contributed by atoms with Crippen LogP contribution in [-0.2, 0) is 0 Å². The van der Waals surface area contributed by atoms with Crippen molar-refractivity contribution in [2.24, 2.45) is 4.99 Å². The second kappa shape index (κ2) is 11.4. The number of thiazole rings is 2. The van der Waals surface area contributed by atoms with Gasteiger partial charge in [0.15, 0.2) is 3.95 Å². The van der Waals surface area contributed by atoms with Crippen LogP contribution in [0.3, 0.4) is 0 Å². The fourth-order valence-electron chi connectivity index (χ4n) is 3.80. The maximum absolute atomic E-state index is 5.71. The first-order chi connectivity index (χ1) is 17.7. The van der Waals surface area contributed by atoms with Gasteiger partial charge in [-0.2, -0.15) is 0 Å². The highest BCUT2D eigenvalue weighted by Gasteiger charge is 2.27. The molecular weight excluding hydrogens is 525 g/mol. The Labute approximate surface area is 227 Å². The van der Waals surface area contributed by atoms with E-state index in [2.05, 4.69) is 71.3 Å². The lowest BCUT2D eigenvalue weighted by molar-refractivity contribution is -0.559. The maximum atomic E-state index is 5.71. The summed E-state index contributed by atoms with van der Waals surface area (Å²) in [5.74, 6) is 0.758. The van der Waals surface area contributed by atoms with E-state index in [0.717, 1.165) is 61.1 Å². The average Bonchev–Trinajstić information content (AvgIpc) is 3.61. The normalized spacial score (nSPS) is 11.8. The number of aliphatic imine (C=N–C) groups is 1. The van der Waals surface area contributed by atoms with Crippen LogP contribution < -0.4 is 14.8 Å². The minimum Gasteiger partial charge on any atom is -0.282 e. The quantitative estimate of drug-likeness (QED) is 0.0968. The minimum atomic E-state index is 0.711. The predicted octanol–water partition coefficient (Wildman–Crippen LogP) is 7.10. The number of hydrogen-bond donors (Lipinski definition) is 1. The van der Waals surface area contributed by atoms with Gasteiger partial charge in [-0.15, -0.1) is 11.3 Å². The van der Waals surface area contributed by atoms with Crippen LogP contribution in [-0.4, -0.2) is 28.8 Å². The Hall–Kier alpha value is -2.92. The van der Waals surface area contributed by atoms with Crippen molar-refractivity contribution in [2.45, 2.75) is 26.7 Å². The van der Waals surface area contributed by atoms with E-state index >= 15 is 0 Å². The second-order valence-corrected chi connectivity index (χ2v) is 11.7. The first kappa shape index (κ1) is 24.8. The van der Waals surface area contributed by atoms with E-state index in [9.17, 15) is 0 Å². The number of rotatable bonds is 8. The highest BCUT2D eigenvalue weighted by atomic mass is 32.2. The van der Waals surface area contributed by atoms with Gasteiger partial charge in [0, 0.05) is 29.1 Å². The summed E-state index contributed by atoms with van der Waals surface area (Å²) in [4.78, 5) is 7.14. The van der Waals surface area contributed by atoms with Crippen molar-refractivity contribution >= 4 is 61.5 Å². The highest BCUT2D eigenvalue weighted by Crippen LogP contribution is 2.29. The molecule has 2 aromatic carbocycles. The van der Waals surface area contributed by atoms with Crippen molar-refractivity contribution in [3.05, 3.63) is 75.4 Å². The fourth-order valence-corrected chi connectivity index (χ4v) is 6.83. The molecule has 0 aliphatic rings. The number of anilines is 1. The summed E-state index contributed by atoms with van der Waals surface area (Å²) in [5.41, 5.74) is 7.93. The number of guanidine groups is 1. The molecule has 0 aliphatic carbocycles. The summed E-state index contributed by atoms with van der Waals surface area (Å²) in [6.45, 7) is 5.81. The Morgan fingerprint density at radius 3 is 2.42 bits per heavy atom. The molecule has 3 heterocycles. The van der Waals surface area contributed by atoms with E-state index in [-0.39, 0.29) is 0 Å². The summed E-state index contributed by atoms with van der Waals surface area (Å²) in [5, 5.41) is 10.2. The molecule has 36 heavy (non-hydrogen) atoms. The van der Waals surface area contributed by atoms with E-state index in [1.807, 2.05) is 33.5 Å². The zero-order chi connectivity index (χ0) is 24.9. The topological polar surface area (TPSA) is 49.6 Å². The molecule has 0 bridgehead atoms. The van der Waals surface area contributed by atoms with Gasteiger partial charge in [0.25, 0.3) is 10.8 Å². The molecule has 0 saturated carbocycles. The number of nitrogens with zero attached hydrogens (tertiary/aromatic N) is 5. The first-order valence-electron chi connectivity index (χ1n) is 11.9. The molecule has 6 nitrogen and oxygen atoms in total. The van der Waals surface area contributed by atoms with Gasteiger partial charge < -0.3 is 0 Å². The standard InChI is InChI=1S/C26H27N6S4/c1-3-15-27-23(28-31-21(17-34-25(31)33)19-11-7-5-8-12-19)30(16-4-2)24-29-32-22(18-35-26(32)36-24)20-13-9-6-10-14-20/h5-14,17-18H,3-4,15-16H2,1-2H3,(H,27,28)/q+1. The van der Waals surface area contributed by atoms with Crippen LogP contribution in [0.5, 0.6) is 0 Å². The third kappa shape index (κ3) is 5.12. The van der Waals surface area contributed by atoms with Crippen LogP contribution in [0.2, 0.25) is 0 Å². The molecule has 0 aliphatic heterocycles. The van der Waals surface area contributed by atoms with Gasteiger partial charge in [0.2, 0.25) is 5.96 Å². The predicted molar refractivity (Wildman–Crippen MR) is 157 cm³/mol. The van der Waals surface area contributed by atoms with Crippen molar-refractivity contribution in [3.63, 3.8) is 0 Å². The summed E-state index contributed by atoms with van der Waals surface area (Å²) in [7, 11) is 0. The van der Waals surface area contributed by atoms with Gasteiger partial charge in [-0.25, -0.2) is 4.68 Å². The van der Waals surface area contributed by atoms with Gasteiger partial charge in [0.05, 0.1) is 16.6 Å². The fraction of sp³-hybridized carbons (Fsp3) is 0.231. The van der Waals surface area contributed by atoms with E-state index in [1.165, 1.54) is 0 Å². The van der Waals surface area contributed by atoms with Gasteiger partial charge in [0.1, 0.15) is 0 Å². The smallest absolute Gasteiger partial charge is 0.282 e. The van der Waals surface area contributed by atoms with Crippen molar-refractivity contribution in [2.75, 3.05) is 23.4 Å². The number of aromatic nitrogens is 3. The SMILES string of the molecule is CCCN=C(Nn1c(-c2ccccc2)csc1=S)N(CCC)c1n[n+]2c(-c3ccccc3)csc2s1. The van der Waals surface area contributed by atoms with Crippen LogP contribution in [0.1, 0.15) is 26.7 Å². The Morgan fingerprint density at radius 1 is 1.00 bits per heavy atom.